The molecule has 1 atom stereocenters. The first-order chi connectivity index (χ1) is 6.52. The minimum Gasteiger partial charge on any atom is -0.490 e. The van der Waals surface area contributed by atoms with Gasteiger partial charge in [0.25, 0.3) is 0 Å². The number of Topliss-reactive ketones (excluding diaryl/α,β-unsaturated/α-hetero) is 1. The van der Waals surface area contributed by atoms with Gasteiger partial charge < -0.3 is 9.84 Å². The van der Waals surface area contributed by atoms with E-state index in [-0.39, 0.29) is 12.4 Å². The van der Waals surface area contributed by atoms with Crippen molar-refractivity contribution in [3.8, 4) is 5.75 Å². The second kappa shape index (κ2) is 4.24. The van der Waals surface area contributed by atoms with Crippen molar-refractivity contribution in [1.29, 1.82) is 0 Å². The zero-order valence-electron chi connectivity index (χ0n) is 8.36. The van der Waals surface area contributed by atoms with Gasteiger partial charge in [-0.15, -0.1) is 0 Å². The predicted molar refractivity (Wildman–Crippen MR) is 53.2 cm³/mol. The van der Waals surface area contributed by atoms with Crippen molar-refractivity contribution in [2.75, 3.05) is 6.61 Å². The number of hydrogen-bond acceptors (Lipinski definition) is 3. The number of aliphatic hydroxyl groups is 1. The van der Waals surface area contributed by atoms with Gasteiger partial charge in [0, 0.05) is 0 Å². The summed E-state index contributed by atoms with van der Waals surface area (Å²) < 4.78 is 5.26. The fourth-order valence-electron chi connectivity index (χ4n) is 0.842. The standard InChI is InChI=1S/C11H14O3/c1-9(12)11(2,13)8-14-10-6-4-3-5-7-10/h3-7,13H,8H2,1-2H3/t11-/m0/s1. The Kier molecular flexibility index (Phi) is 3.25. The second-order valence-electron chi connectivity index (χ2n) is 3.43. The van der Waals surface area contributed by atoms with Crippen LogP contribution in [0.5, 0.6) is 5.75 Å². The van der Waals surface area contributed by atoms with Gasteiger partial charge in [-0.25, -0.2) is 0 Å². The Morgan fingerprint density at radius 2 is 2.00 bits per heavy atom. The van der Waals surface area contributed by atoms with Gasteiger partial charge in [-0.1, -0.05) is 18.2 Å². The van der Waals surface area contributed by atoms with Gasteiger partial charge in [-0.3, -0.25) is 4.79 Å². The molecule has 0 aliphatic heterocycles. The molecule has 3 nitrogen and oxygen atoms in total. The van der Waals surface area contributed by atoms with Crippen LogP contribution in [0.25, 0.3) is 0 Å². The number of carbonyl (C=O) groups excluding carboxylic acids is 1. The molecule has 3 heteroatoms. The molecular formula is C11H14O3. The van der Waals surface area contributed by atoms with Crippen LogP contribution < -0.4 is 4.74 Å². The van der Waals surface area contributed by atoms with Crippen LogP contribution in [-0.4, -0.2) is 23.1 Å². The summed E-state index contributed by atoms with van der Waals surface area (Å²) in [4.78, 5) is 11.0. The van der Waals surface area contributed by atoms with Crippen LogP contribution in [0.15, 0.2) is 30.3 Å². The van der Waals surface area contributed by atoms with Crippen molar-refractivity contribution in [3.63, 3.8) is 0 Å². The molecule has 0 saturated heterocycles. The quantitative estimate of drug-likeness (QED) is 0.788. The summed E-state index contributed by atoms with van der Waals surface area (Å²) in [6.45, 7) is 2.76. The monoisotopic (exact) mass is 194 g/mol. The number of carbonyl (C=O) groups is 1. The summed E-state index contributed by atoms with van der Waals surface area (Å²) in [5.74, 6) is 0.349. The van der Waals surface area contributed by atoms with Crippen molar-refractivity contribution in [1.82, 2.24) is 0 Å². The largest absolute Gasteiger partial charge is 0.490 e. The average molecular weight is 194 g/mol. The van der Waals surface area contributed by atoms with Crippen molar-refractivity contribution >= 4 is 5.78 Å². The van der Waals surface area contributed by atoms with Crippen molar-refractivity contribution in [3.05, 3.63) is 30.3 Å². The molecule has 14 heavy (non-hydrogen) atoms. The molecule has 0 aliphatic carbocycles. The third-order valence-electron chi connectivity index (χ3n) is 2.02. The number of rotatable bonds is 4. The lowest BCUT2D eigenvalue weighted by molar-refractivity contribution is -0.136. The van der Waals surface area contributed by atoms with E-state index in [1.54, 1.807) is 12.1 Å². The molecule has 0 bridgehead atoms. The molecule has 0 radical (unpaired) electrons. The van der Waals surface area contributed by atoms with Crippen LogP contribution in [0.2, 0.25) is 0 Å². The first-order valence-electron chi connectivity index (χ1n) is 4.43. The highest BCUT2D eigenvalue weighted by Gasteiger charge is 2.27. The minimum atomic E-state index is -1.41. The molecule has 0 aliphatic rings. The molecule has 1 rings (SSSR count). The summed E-state index contributed by atoms with van der Waals surface area (Å²) in [7, 11) is 0. The Hall–Kier alpha value is -1.35. The van der Waals surface area contributed by atoms with Crippen molar-refractivity contribution in [2.45, 2.75) is 19.4 Å². The molecule has 1 aromatic carbocycles. The summed E-state index contributed by atoms with van der Waals surface area (Å²) in [5, 5.41) is 9.58. The average Bonchev–Trinajstić information content (AvgIpc) is 2.16. The van der Waals surface area contributed by atoms with E-state index in [2.05, 4.69) is 0 Å². The molecule has 0 saturated carbocycles. The van der Waals surface area contributed by atoms with E-state index in [1.807, 2.05) is 18.2 Å². The molecule has 0 aromatic heterocycles. The fourth-order valence-corrected chi connectivity index (χ4v) is 0.842. The van der Waals surface area contributed by atoms with Crippen LogP contribution in [0.4, 0.5) is 0 Å². The van der Waals surface area contributed by atoms with Gasteiger partial charge in [0.15, 0.2) is 11.4 Å². The van der Waals surface area contributed by atoms with Crippen molar-refractivity contribution < 1.29 is 14.6 Å². The molecule has 1 aromatic rings. The highest BCUT2D eigenvalue weighted by Crippen LogP contribution is 2.12. The number of hydrogen-bond donors (Lipinski definition) is 1. The Balaban J connectivity index is 2.53. The lowest BCUT2D eigenvalue weighted by Gasteiger charge is -2.19. The van der Waals surface area contributed by atoms with E-state index in [4.69, 9.17) is 4.74 Å². The van der Waals surface area contributed by atoms with E-state index in [1.165, 1.54) is 13.8 Å². The van der Waals surface area contributed by atoms with Gasteiger partial charge in [0.05, 0.1) is 0 Å². The zero-order chi connectivity index (χ0) is 10.6. The van der Waals surface area contributed by atoms with E-state index in [9.17, 15) is 9.90 Å². The first-order valence-corrected chi connectivity index (χ1v) is 4.43. The Bertz CT molecular complexity index is 304. The molecule has 0 unspecified atom stereocenters. The smallest absolute Gasteiger partial charge is 0.164 e. The molecule has 0 amide bonds. The maximum Gasteiger partial charge on any atom is 0.164 e. The van der Waals surface area contributed by atoms with E-state index in [0.717, 1.165) is 0 Å². The highest BCUT2D eigenvalue weighted by molar-refractivity contribution is 5.84. The predicted octanol–water partition coefficient (Wildman–Crippen LogP) is 1.41. The molecule has 0 fully saturated rings. The summed E-state index contributed by atoms with van der Waals surface area (Å²) in [6, 6.07) is 9.08. The van der Waals surface area contributed by atoms with Crippen LogP contribution in [-0.2, 0) is 4.79 Å². The summed E-state index contributed by atoms with van der Waals surface area (Å²) in [6.07, 6.45) is 0. The van der Waals surface area contributed by atoms with Crippen molar-refractivity contribution in [2.24, 2.45) is 0 Å². The Labute approximate surface area is 83.3 Å². The van der Waals surface area contributed by atoms with E-state index in [0.29, 0.717) is 5.75 Å². The minimum absolute atomic E-state index is 0.0215. The lowest BCUT2D eigenvalue weighted by atomic mass is 10.0. The number of para-hydroxylation sites is 1. The number of ketones is 1. The molecular weight excluding hydrogens is 180 g/mol. The van der Waals surface area contributed by atoms with Gasteiger partial charge >= 0.3 is 0 Å². The lowest BCUT2D eigenvalue weighted by Crippen LogP contribution is -2.39. The van der Waals surface area contributed by atoms with Gasteiger partial charge in [0.2, 0.25) is 0 Å². The van der Waals surface area contributed by atoms with E-state index >= 15 is 0 Å². The Morgan fingerprint density at radius 3 is 2.50 bits per heavy atom. The summed E-state index contributed by atoms with van der Waals surface area (Å²) in [5.41, 5.74) is -1.41. The van der Waals surface area contributed by atoms with E-state index < -0.39 is 5.60 Å². The molecule has 0 spiro atoms. The third kappa shape index (κ3) is 2.85. The maximum atomic E-state index is 11.0. The normalized spacial score (nSPS) is 14.5. The Morgan fingerprint density at radius 1 is 1.43 bits per heavy atom. The summed E-state index contributed by atoms with van der Waals surface area (Å²) >= 11 is 0. The van der Waals surface area contributed by atoms with Gasteiger partial charge in [0.1, 0.15) is 12.4 Å². The zero-order valence-corrected chi connectivity index (χ0v) is 8.36. The maximum absolute atomic E-state index is 11.0. The van der Waals surface area contributed by atoms with Crippen LogP contribution in [0.3, 0.4) is 0 Å². The second-order valence-corrected chi connectivity index (χ2v) is 3.43. The molecule has 76 valence electrons. The molecule has 0 heterocycles. The topological polar surface area (TPSA) is 46.5 Å². The number of benzene rings is 1. The van der Waals surface area contributed by atoms with Gasteiger partial charge in [-0.05, 0) is 26.0 Å². The molecule has 1 N–H and O–H groups in total. The third-order valence-corrected chi connectivity index (χ3v) is 2.02. The fraction of sp³-hybridized carbons (Fsp3) is 0.364. The van der Waals surface area contributed by atoms with Crippen LogP contribution >= 0.6 is 0 Å². The van der Waals surface area contributed by atoms with Crippen LogP contribution in [0, 0.1) is 0 Å². The first kappa shape index (κ1) is 10.7. The SMILES string of the molecule is CC(=O)[C@@](C)(O)COc1ccccc1. The van der Waals surface area contributed by atoms with Gasteiger partial charge in [-0.2, -0.15) is 0 Å². The highest BCUT2D eigenvalue weighted by atomic mass is 16.5. The number of ether oxygens (including phenoxy) is 1. The van der Waals surface area contributed by atoms with Crippen LogP contribution in [0.1, 0.15) is 13.8 Å².